The molecule has 0 aliphatic carbocycles. The molecule has 0 bridgehead atoms. The van der Waals surface area contributed by atoms with E-state index in [0.29, 0.717) is 23.7 Å². The summed E-state index contributed by atoms with van der Waals surface area (Å²) in [6.07, 6.45) is 3.40. The van der Waals surface area contributed by atoms with Crippen LogP contribution in [0.5, 0.6) is 5.75 Å². The molecule has 1 aliphatic heterocycles. The van der Waals surface area contributed by atoms with Crippen LogP contribution < -0.4 is 4.74 Å². The summed E-state index contributed by atoms with van der Waals surface area (Å²) >= 11 is 5.90. The summed E-state index contributed by atoms with van der Waals surface area (Å²) in [6.45, 7) is 1.27. The first-order valence-electron chi connectivity index (χ1n) is 8.97. The van der Waals surface area contributed by atoms with Gasteiger partial charge >= 0.3 is 0 Å². The molecule has 0 N–H and O–H groups in total. The van der Waals surface area contributed by atoms with Crippen molar-refractivity contribution in [1.29, 1.82) is 0 Å². The van der Waals surface area contributed by atoms with Crippen LogP contribution in [-0.4, -0.2) is 34.6 Å². The number of aryl methyl sites for hydroxylation is 1. The third kappa shape index (κ3) is 3.65. The normalized spacial score (nSPS) is 15.3. The zero-order valence-electron chi connectivity index (χ0n) is 15.0. The number of hydrogen-bond donors (Lipinski definition) is 0. The Balaban J connectivity index is 1.44. The minimum atomic E-state index is -0.303. The van der Waals surface area contributed by atoms with Crippen molar-refractivity contribution in [3.8, 4) is 5.75 Å². The summed E-state index contributed by atoms with van der Waals surface area (Å²) in [5.41, 5.74) is 1.34. The Morgan fingerprint density at radius 3 is 2.56 bits per heavy atom. The second-order valence-corrected chi connectivity index (χ2v) is 7.31. The van der Waals surface area contributed by atoms with Crippen LogP contribution in [0.25, 0.3) is 10.9 Å². The highest BCUT2D eigenvalue weighted by atomic mass is 35.5. The van der Waals surface area contributed by atoms with E-state index in [9.17, 15) is 9.18 Å². The van der Waals surface area contributed by atoms with Gasteiger partial charge in [0.05, 0.1) is 11.1 Å². The molecule has 2 aromatic carbocycles. The number of amides is 1. The summed E-state index contributed by atoms with van der Waals surface area (Å²) in [4.78, 5) is 14.8. The molecule has 3 aromatic rings. The first-order chi connectivity index (χ1) is 13.0. The Hall–Kier alpha value is -2.53. The van der Waals surface area contributed by atoms with Crippen molar-refractivity contribution in [3.05, 3.63) is 65.1 Å². The van der Waals surface area contributed by atoms with Crippen LogP contribution in [0.4, 0.5) is 4.39 Å². The highest BCUT2D eigenvalue weighted by Crippen LogP contribution is 2.26. The predicted octanol–water partition coefficient (Wildman–Crippen LogP) is 4.65. The number of carbonyl (C=O) groups excluding carboxylic acids is 1. The Kier molecular flexibility index (Phi) is 4.79. The summed E-state index contributed by atoms with van der Waals surface area (Å²) in [5.74, 6) is 0.472. The van der Waals surface area contributed by atoms with Crippen LogP contribution >= 0.6 is 11.6 Å². The number of fused-ring (bicyclic) bond motifs is 1. The number of carbonyl (C=O) groups is 1. The fourth-order valence-corrected chi connectivity index (χ4v) is 3.71. The fraction of sp³-hybridized carbons (Fsp3) is 0.286. The van der Waals surface area contributed by atoms with Crippen LogP contribution in [0.15, 0.2) is 48.7 Å². The van der Waals surface area contributed by atoms with Gasteiger partial charge in [-0.05, 0) is 42.5 Å². The van der Waals surface area contributed by atoms with Gasteiger partial charge in [0.25, 0.3) is 5.91 Å². The van der Waals surface area contributed by atoms with Gasteiger partial charge in [0.1, 0.15) is 17.7 Å². The largest absolute Gasteiger partial charge is 0.490 e. The van der Waals surface area contributed by atoms with Crippen molar-refractivity contribution < 1.29 is 13.9 Å². The van der Waals surface area contributed by atoms with Crippen molar-refractivity contribution >= 4 is 28.4 Å². The lowest BCUT2D eigenvalue weighted by atomic mass is 10.1. The van der Waals surface area contributed by atoms with Crippen LogP contribution in [-0.2, 0) is 7.05 Å². The molecule has 1 fully saturated rings. The minimum Gasteiger partial charge on any atom is -0.490 e. The molecule has 1 amide bonds. The van der Waals surface area contributed by atoms with Gasteiger partial charge < -0.3 is 14.2 Å². The molecule has 0 unspecified atom stereocenters. The van der Waals surface area contributed by atoms with Gasteiger partial charge in [-0.15, -0.1) is 0 Å². The molecule has 0 spiro atoms. The molecular formula is C21H20ClFN2O2. The molecule has 1 aliphatic rings. The highest BCUT2D eigenvalue weighted by molar-refractivity contribution is 6.30. The predicted molar refractivity (Wildman–Crippen MR) is 104 cm³/mol. The van der Waals surface area contributed by atoms with E-state index in [1.807, 2.05) is 24.1 Å². The first-order valence-corrected chi connectivity index (χ1v) is 9.35. The van der Waals surface area contributed by atoms with Gasteiger partial charge in [-0.2, -0.15) is 0 Å². The highest BCUT2D eigenvalue weighted by Gasteiger charge is 2.26. The molecule has 4 nitrogen and oxygen atoms in total. The number of ether oxygens (including phenoxy) is 1. The van der Waals surface area contributed by atoms with Gasteiger partial charge in [0, 0.05) is 49.6 Å². The smallest absolute Gasteiger partial charge is 0.256 e. The van der Waals surface area contributed by atoms with Crippen LogP contribution in [0, 0.1) is 5.82 Å². The van der Waals surface area contributed by atoms with E-state index in [-0.39, 0.29) is 17.8 Å². The molecule has 0 atom stereocenters. The molecule has 1 saturated heterocycles. The van der Waals surface area contributed by atoms with E-state index in [2.05, 4.69) is 0 Å². The second-order valence-electron chi connectivity index (χ2n) is 6.88. The molecule has 27 heavy (non-hydrogen) atoms. The number of hydrogen-bond acceptors (Lipinski definition) is 2. The minimum absolute atomic E-state index is 0.0165. The van der Waals surface area contributed by atoms with Gasteiger partial charge in [0.15, 0.2) is 0 Å². The number of benzene rings is 2. The van der Waals surface area contributed by atoms with E-state index >= 15 is 0 Å². The number of piperidine rings is 1. The second kappa shape index (κ2) is 7.24. The summed E-state index contributed by atoms with van der Waals surface area (Å²) in [6, 6.07) is 11.8. The Morgan fingerprint density at radius 2 is 1.85 bits per heavy atom. The molecule has 4 rings (SSSR count). The monoisotopic (exact) mass is 386 g/mol. The van der Waals surface area contributed by atoms with Crippen molar-refractivity contribution in [2.45, 2.75) is 18.9 Å². The SMILES string of the molecule is Cn1cc(C(=O)N2CCC(Oc3ccc(Cl)cc3)CC2)c2ccc(F)cc21. The summed E-state index contributed by atoms with van der Waals surface area (Å²) < 4.78 is 21.3. The Bertz CT molecular complexity index is 976. The van der Waals surface area contributed by atoms with Crippen LogP contribution in [0.3, 0.4) is 0 Å². The molecule has 2 heterocycles. The van der Waals surface area contributed by atoms with Crippen molar-refractivity contribution in [2.75, 3.05) is 13.1 Å². The average molecular weight is 387 g/mol. The molecule has 140 valence electrons. The number of aromatic nitrogens is 1. The van der Waals surface area contributed by atoms with E-state index in [4.69, 9.17) is 16.3 Å². The van der Waals surface area contributed by atoms with Crippen molar-refractivity contribution in [3.63, 3.8) is 0 Å². The number of likely N-dealkylation sites (tertiary alicyclic amines) is 1. The molecule has 0 radical (unpaired) electrons. The maximum absolute atomic E-state index is 13.5. The molecule has 1 aromatic heterocycles. The number of nitrogens with zero attached hydrogens (tertiary/aromatic N) is 2. The first kappa shape index (κ1) is 17.9. The summed E-state index contributed by atoms with van der Waals surface area (Å²) in [7, 11) is 1.82. The molecular weight excluding hydrogens is 367 g/mol. The topological polar surface area (TPSA) is 34.5 Å². The zero-order valence-corrected chi connectivity index (χ0v) is 15.7. The number of halogens is 2. The third-order valence-corrected chi connectivity index (χ3v) is 5.28. The molecule has 6 heteroatoms. The van der Waals surface area contributed by atoms with E-state index < -0.39 is 0 Å². The Labute approximate surface area is 162 Å². The van der Waals surface area contributed by atoms with Gasteiger partial charge in [-0.25, -0.2) is 4.39 Å². The van der Waals surface area contributed by atoms with E-state index in [0.717, 1.165) is 29.5 Å². The van der Waals surface area contributed by atoms with Gasteiger partial charge in [0.2, 0.25) is 0 Å². The Morgan fingerprint density at radius 1 is 1.15 bits per heavy atom. The average Bonchev–Trinajstić information content (AvgIpc) is 3.00. The third-order valence-electron chi connectivity index (χ3n) is 5.03. The van der Waals surface area contributed by atoms with Crippen molar-refractivity contribution in [1.82, 2.24) is 9.47 Å². The van der Waals surface area contributed by atoms with Crippen LogP contribution in [0.2, 0.25) is 5.02 Å². The summed E-state index contributed by atoms with van der Waals surface area (Å²) in [5, 5.41) is 1.46. The maximum Gasteiger partial charge on any atom is 0.256 e. The zero-order chi connectivity index (χ0) is 19.0. The van der Waals surface area contributed by atoms with E-state index in [1.54, 1.807) is 29.0 Å². The number of rotatable bonds is 3. The van der Waals surface area contributed by atoms with Crippen LogP contribution in [0.1, 0.15) is 23.2 Å². The molecule has 0 saturated carbocycles. The van der Waals surface area contributed by atoms with Gasteiger partial charge in [-0.3, -0.25) is 4.79 Å². The lowest BCUT2D eigenvalue weighted by Gasteiger charge is -2.32. The van der Waals surface area contributed by atoms with Gasteiger partial charge in [-0.1, -0.05) is 11.6 Å². The quantitative estimate of drug-likeness (QED) is 0.656. The maximum atomic E-state index is 13.5. The lowest BCUT2D eigenvalue weighted by molar-refractivity contribution is 0.0597. The van der Waals surface area contributed by atoms with Crippen molar-refractivity contribution in [2.24, 2.45) is 7.05 Å². The van der Waals surface area contributed by atoms with E-state index in [1.165, 1.54) is 12.1 Å². The standard InChI is InChI=1S/C21H20ClFN2O2/c1-24-13-19(18-7-4-15(23)12-20(18)24)21(26)25-10-8-17(9-11-25)27-16-5-2-14(22)3-6-16/h2-7,12-13,17H,8-11H2,1H3. The fourth-order valence-electron chi connectivity index (χ4n) is 3.58. The lowest BCUT2D eigenvalue weighted by Crippen LogP contribution is -2.41.